The van der Waals surface area contributed by atoms with Crippen molar-refractivity contribution < 1.29 is 4.79 Å². The van der Waals surface area contributed by atoms with Crippen molar-refractivity contribution in [2.24, 2.45) is 5.41 Å². The van der Waals surface area contributed by atoms with Gasteiger partial charge in [-0.15, -0.1) is 11.3 Å². The van der Waals surface area contributed by atoms with Gasteiger partial charge in [0.05, 0.1) is 16.9 Å². The van der Waals surface area contributed by atoms with Crippen molar-refractivity contribution in [2.45, 2.75) is 27.2 Å². The number of carbonyl (C=O) groups excluding carboxylic acids is 1. The van der Waals surface area contributed by atoms with E-state index in [0.717, 1.165) is 22.8 Å². The van der Waals surface area contributed by atoms with Crippen molar-refractivity contribution in [1.29, 1.82) is 0 Å². The van der Waals surface area contributed by atoms with E-state index in [9.17, 15) is 4.79 Å². The average Bonchev–Trinajstić information content (AvgIpc) is 3.05. The van der Waals surface area contributed by atoms with Crippen LogP contribution in [-0.4, -0.2) is 20.3 Å². The average molecular weight is 314 g/mol. The highest BCUT2D eigenvalue weighted by atomic mass is 32.1. The summed E-state index contributed by atoms with van der Waals surface area (Å²) in [6, 6.07) is 3.71. The van der Waals surface area contributed by atoms with E-state index in [4.69, 9.17) is 0 Å². The first-order valence-corrected chi connectivity index (χ1v) is 7.91. The van der Waals surface area contributed by atoms with E-state index in [1.54, 1.807) is 12.4 Å². The van der Waals surface area contributed by atoms with Gasteiger partial charge in [0.15, 0.2) is 0 Å². The molecule has 114 valence electrons. The van der Waals surface area contributed by atoms with Gasteiger partial charge < -0.3 is 9.72 Å². The number of nitrogens with zero attached hydrogens (tertiary/aromatic N) is 3. The fourth-order valence-electron chi connectivity index (χ4n) is 2.14. The fraction of sp³-hybridized carbons (Fsp3) is 0.312. The predicted octanol–water partition coefficient (Wildman–Crippen LogP) is 3.63. The van der Waals surface area contributed by atoms with Gasteiger partial charge in [-0.3, -0.25) is 4.79 Å². The summed E-state index contributed by atoms with van der Waals surface area (Å²) >= 11 is 1.45. The number of hydrogen-bond acceptors (Lipinski definition) is 4. The summed E-state index contributed by atoms with van der Waals surface area (Å²) in [4.78, 5) is 21.5. The monoisotopic (exact) mass is 314 g/mol. The zero-order valence-electron chi connectivity index (χ0n) is 12.8. The first kappa shape index (κ1) is 14.7. The minimum Gasteiger partial charge on any atom is -0.320 e. The Morgan fingerprint density at radius 2 is 2.14 bits per heavy atom. The van der Waals surface area contributed by atoms with E-state index in [2.05, 4.69) is 36.1 Å². The molecule has 0 spiro atoms. The lowest BCUT2D eigenvalue weighted by molar-refractivity contribution is 0.103. The smallest absolute Gasteiger partial charge is 0.267 e. The lowest BCUT2D eigenvalue weighted by Crippen LogP contribution is -2.10. The topological polar surface area (TPSA) is 59.3 Å². The number of nitrogens with one attached hydrogen (secondary N) is 1. The molecule has 0 aliphatic carbocycles. The van der Waals surface area contributed by atoms with Crippen LogP contribution >= 0.6 is 11.3 Å². The third-order valence-electron chi connectivity index (χ3n) is 3.11. The van der Waals surface area contributed by atoms with Crippen LogP contribution in [0.25, 0.3) is 5.65 Å². The number of imidazole rings is 1. The lowest BCUT2D eigenvalue weighted by atomic mass is 9.93. The Morgan fingerprint density at radius 1 is 1.32 bits per heavy atom. The van der Waals surface area contributed by atoms with E-state index in [-0.39, 0.29) is 11.3 Å². The first-order valence-electron chi connectivity index (χ1n) is 7.09. The van der Waals surface area contributed by atoms with Gasteiger partial charge in [-0.2, -0.15) is 0 Å². The summed E-state index contributed by atoms with van der Waals surface area (Å²) in [6.07, 6.45) is 7.93. The molecule has 6 heteroatoms. The third kappa shape index (κ3) is 3.33. The largest absolute Gasteiger partial charge is 0.320 e. The minimum absolute atomic E-state index is 0.128. The van der Waals surface area contributed by atoms with Crippen molar-refractivity contribution >= 4 is 28.6 Å². The molecule has 1 amide bonds. The van der Waals surface area contributed by atoms with Gasteiger partial charge in [0.25, 0.3) is 5.91 Å². The minimum atomic E-state index is -0.128. The SMILES string of the molecule is CC(C)(C)Cc1ncc(C(=O)Nc2ccc3nccn3c2)s1. The molecule has 22 heavy (non-hydrogen) atoms. The quantitative estimate of drug-likeness (QED) is 0.803. The summed E-state index contributed by atoms with van der Waals surface area (Å²) in [5, 5.41) is 3.89. The Morgan fingerprint density at radius 3 is 2.91 bits per heavy atom. The highest BCUT2D eigenvalue weighted by Gasteiger charge is 2.16. The van der Waals surface area contributed by atoms with Gasteiger partial charge in [-0.1, -0.05) is 20.8 Å². The molecule has 0 aromatic carbocycles. The summed E-state index contributed by atoms with van der Waals surface area (Å²) in [5.74, 6) is -0.128. The number of fused-ring (bicyclic) bond motifs is 1. The maximum atomic E-state index is 12.3. The van der Waals surface area contributed by atoms with Gasteiger partial charge >= 0.3 is 0 Å². The first-order chi connectivity index (χ1) is 10.4. The fourth-order valence-corrected chi connectivity index (χ4v) is 3.25. The second-order valence-corrected chi connectivity index (χ2v) is 7.54. The van der Waals surface area contributed by atoms with E-state index in [1.807, 2.05) is 28.9 Å². The molecule has 0 bridgehead atoms. The van der Waals surface area contributed by atoms with Gasteiger partial charge in [-0.05, 0) is 17.5 Å². The van der Waals surface area contributed by atoms with Crippen LogP contribution in [-0.2, 0) is 6.42 Å². The van der Waals surface area contributed by atoms with Crippen LogP contribution in [0, 0.1) is 5.41 Å². The molecule has 0 radical (unpaired) electrons. The van der Waals surface area contributed by atoms with Crippen molar-refractivity contribution in [1.82, 2.24) is 14.4 Å². The summed E-state index contributed by atoms with van der Waals surface area (Å²) in [5.41, 5.74) is 1.75. The van der Waals surface area contributed by atoms with Crippen LogP contribution in [0.4, 0.5) is 5.69 Å². The Hall–Kier alpha value is -2.21. The standard InChI is InChI=1S/C16H18N4OS/c1-16(2,3)8-14-18-9-12(22-14)15(21)19-11-4-5-13-17-6-7-20(13)10-11/h4-7,9-10H,8H2,1-3H3,(H,19,21). The third-order valence-corrected chi connectivity index (χ3v) is 4.10. The molecule has 1 N–H and O–H groups in total. The molecule has 0 fully saturated rings. The number of carbonyl (C=O) groups is 1. The van der Waals surface area contributed by atoms with E-state index in [0.29, 0.717) is 4.88 Å². The maximum absolute atomic E-state index is 12.3. The van der Waals surface area contributed by atoms with E-state index < -0.39 is 0 Å². The molecule has 3 heterocycles. The number of rotatable bonds is 3. The van der Waals surface area contributed by atoms with Crippen LogP contribution in [0.1, 0.15) is 35.5 Å². The number of amides is 1. The Balaban J connectivity index is 1.73. The highest BCUT2D eigenvalue weighted by molar-refractivity contribution is 7.13. The van der Waals surface area contributed by atoms with Gasteiger partial charge in [0.2, 0.25) is 0 Å². The predicted molar refractivity (Wildman–Crippen MR) is 88.4 cm³/mol. The molecule has 0 saturated heterocycles. The molecule has 5 nitrogen and oxygen atoms in total. The zero-order valence-corrected chi connectivity index (χ0v) is 13.6. The molecular weight excluding hydrogens is 296 g/mol. The number of aromatic nitrogens is 3. The maximum Gasteiger partial charge on any atom is 0.267 e. The Kier molecular flexibility index (Phi) is 3.70. The van der Waals surface area contributed by atoms with Crippen LogP contribution in [0.3, 0.4) is 0 Å². The van der Waals surface area contributed by atoms with Crippen LogP contribution in [0.5, 0.6) is 0 Å². The molecule has 3 aromatic rings. The van der Waals surface area contributed by atoms with Crippen molar-refractivity contribution in [3.05, 3.63) is 46.8 Å². The van der Waals surface area contributed by atoms with E-state index >= 15 is 0 Å². The lowest BCUT2D eigenvalue weighted by Gasteiger charge is -2.15. The molecule has 3 aromatic heterocycles. The number of thiazole rings is 1. The molecule has 0 atom stereocenters. The second kappa shape index (κ2) is 5.53. The normalized spacial score (nSPS) is 11.8. The molecule has 0 saturated carbocycles. The second-order valence-electron chi connectivity index (χ2n) is 6.42. The molecule has 0 aliphatic heterocycles. The summed E-state index contributed by atoms with van der Waals surface area (Å²) < 4.78 is 1.87. The van der Waals surface area contributed by atoms with Gasteiger partial charge in [0, 0.05) is 25.0 Å². The summed E-state index contributed by atoms with van der Waals surface area (Å²) in [7, 11) is 0. The molecular formula is C16H18N4OS. The molecule has 0 unspecified atom stereocenters. The highest BCUT2D eigenvalue weighted by Crippen LogP contribution is 2.24. The number of anilines is 1. The van der Waals surface area contributed by atoms with Crippen LogP contribution < -0.4 is 5.32 Å². The molecule has 0 aliphatic rings. The summed E-state index contributed by atoms with van der Waals surface area (Å²) in [6.45, 7) is 6.48. The number of hydrogen-bond donors (Lipinski definition) is 1. The van der Waals surface area contributed by atoms with Gasteiger partial charge in [0.1, 0.15) is 10.5 Å². The van der Waals surface area contributed by atoms with Gasteiger partial charge in [-0.25, -0.2) is 9.97 Å². The van der Waals surface area contributed by atoms with Crippen molar-refractivity contribution in [3.63, 3.8) is 0 Å². The van der Waals surface area contributed by atoms with Crippen LogP contribution in [0.15, 0.2) is 36.9 Å². The van der Waals surface area contributed by atoms with Crippen molar-refractivity contribution in [3.8, 4) is 0 Å². The Bertz CT molecular complexity index is 813. The Labute approximate surface area is 133 Å². The zero-order chi connectivity index (χ0) is 15.7. The molecule has 3 rings (SSSR count). The van der Waals surface area contributed by atoms with Crippen LogP contribution in [0.2, 0.25) is 0 Å². The number of pyridine rings is 1. The van der Waals surface area contributed by atoms with Crippen molar-refractivity contribution in [2.75, 3.05) is 5.32 Å². The van der Waals surface area contributed by atoms with E-state index in [1.165, 1.54) is 11.3 Å².